The molecule has 0 aromatic heterocycles. The van der Waals surface area contributed by atoms with Crippen LogP contribution in [0.2, 0.25) is 0 Å². The van der Waals surface area contributed by atoms with Gasteiger partial charge in [0.15, 0.2) is 0 Å². The Labute approximate surface area is 130 Å². The van der Waals surface area contributed by atoms with Crippen molar-refractivity contribution in [3.05, 3.63) is 40.8 Å². The van der Waals surface area contributed by atoms with Crippen LogP contribution in [0.4, 0.5) is 10.1 Å². The number of benzene rings is 1. The minimum absolute atomic E-state index is 0.121. The second kappa shape index (κ2) is 6.48. The van der Waals surface area contributed by atoms with E-state index < -0.39 is 11.4 Å². The molecule has 4 nitrogen and oxygen atoms in total. The average molecular weight is 305 g/mol. The number of rotatable bonds is 4. The van der Waals surface area contributed by atoms with Gasteiger partial charge in [0.1, 0.15) is 11.4 Å². The lowest BCUT2D eigenvalue weighted by atomic mass is 9.68. The monoisotopic (exact) mass is 305 g/mol. The van der Waals surface area contributed by atoms with Gasteiger partial charge in [0.25, 0.3) is 0 Å². The third kappa shape index (κ3) is 2.50. The fourth-order valence-electron chi connectivity index (χ4n) is 3.60. The number of anilines is 1. The van der Waals surface area contributed by atoms with Gasteiger partial charge in [0, 0.05) is 29.6 Å². The summed E-state index contributed by atoms with van der Waals surface area (Å²) in [7, 11) is 0. The second-order valence-corrected chi connectivity index (χ2v) is 5.75. The van der Waals surface area contributed by atoms with E-state index in [4.69, 9.17) is 21.6 Å². The van der Waals surface area contributed by atoms with Crippen molar-refractivity contribution in [2.75, 3.05) is 12.3 Å². The smallest absolute Gasteiger partial charge is 0.125 e. The summed E-state index contributed by atoms with van der Waals surface area (Å²) < 4.78 is 20.2. The first kappa shape index (κ1) is 16.5. The van der Waals surface area contributed by atoms with Crippen LogP contribution in [0.25, 0.3) is 0 Å². The van der Waals surface area contributed by atoms with Gasteiger partial charge in [-0.05, 0) is 56.0 Å². The summed E-state index contributed by atoms with van der Waals surface area (Å²) in [6.45, 7) is 4.45. The summed E-state index contributed by atoms with van der Waals surface area (Å²) in [5.74, 6) is -0.303. The molecular formula is C17H24FN3O. The van der Waals surface area contributed by atoms with Crippen molar-refractivity contribution in [3.8, 4) is 0 Å². The van der Waals surface area contributed by atoms with Crippen LogP contribution in [0.5, 0.6) is 0 Å². The molecule has 0 saturated heterocycles. The first-order valence-electron chi connectivity index (χ1n) is 7.66. The molecule has 5 heteroatoms. The van der Waals surface area contributed by atoms with Crippen LogP contribution in [-0.4, -0.2) is 12.8 Å². The molecule has 1 aliphatic carbocycles. The quantitative estimate of drug-likeness (QED) is 0.589. The highest BCUT2D eigenvalue weighted by Gasteiger charge is 2.46. The molecule has 0 bridgehead atoms. The SMILES string of the molecule is CCOC1(c2cc(F)cc(N)c2C=N)/C(=C/N)CCCC1C. The molecule has 0 aliphatic heterocycles. The van der Waals surface area contributed by atoms with Crippen LogP contribution in [0.15, 0.2) is 23.9 Å². The molecule has 2 atom stereocenters. The molecule has 2 unspecified atom stereocenters. The van der Waals surface area contributed by atoms with Crippen molar-refractivity contribution in [2.45, 2.75) is 38.7 Å². The van der Waals surface area contributed by atoms with Crippen LogP contribution in [0, 0.1) is 17.1 Å². The average Bonchev–Trinajstić information content (AvgIpc) is 2.48. The maximum absolute atomic E-state index is 14.0. The van der Waals surface area contributed by atoms with Crippen LogP contribution >= 0.6 is 0 Å². The predicted octanol–water partition coefficient (Wildman–Crippen LogP) is 3.30. The van der Waals surface area contributed by atoms with Crippen molar-refractivity contribution < 1.29 is 9.13 Å². The topological polar surface area (TPSA) is 85.1 Å². The number of nitrogens with two attached hydrogens (primary N) is 2. The van der Waals surface area contributed by atoms with E-state index >= 15 is 0 Å². The Hall–Kier alpha value is -1.88. The normalized spacial score (nSPS) is 27.0. The van der Waals surface area contributed by atoms with E-state index in [9.17, 15) is 4.39 Å². The lowest BCUT2D eigenvalue weighted by molar-refractivity contribution is -0.0686. The Morgan fingerprint density at radius 1 is 1.50 bits per heavy atom. The van der Waals surface area contributed by atoms with Gasteiger partial charge in [-0.15, -0.1) is 0 Å². The predicted molar refractivity (Wildman–Crippen MR) is 87.3 cm³/mol. The second-order valence-electron chi connectivity index (χ2n) is 5.75. The van der Waals surface area contributed by atoms with Gasteiger partial charge in [-0.2, -0.15) is 0 Å². The lowest BCUT2D eigenvalue weighted by Crippen LogP contribution is -2.43. The van der Waals surface area contributed by atoms with Gasteiger partial charge >= 0.3 is 0 Å². The van der Waals surface area contributed by atoms with E-state index in [-0.39, 0.29) is 11.6 Å². The third-order valence-corrected chi connectivity index (χ3v) is 4.55. The first-order chi connectivity index (χ1) is 10.5. The van der Waals surface area contributed by atoms with Gasteiger partial charge in [0.05, 0.1) is 0 Å². The first-order valence-corrected chi connectivity index (χ1v) is 7.66. The van der Waals surface area contributed by atoms with E-state index in [0.717, 1.165) is 24.8 Å². The third-order valence-electron chi connectivity index (χ3n) is 4.55. The van der Waals surface area contributed by atoms with E-state index in [1.54, 1.807) is 6.20 Å². The maximum atomic E-state index is 14.0. The standard InChI is InChI=1S/C17H24FN3O/c1-3-22-17(11(2)5-4-6-12(17)9-19)15-7-13(18)8-16(21)14(15)10-20/h7-11,20H,3-6,19,21H2,1-2H3/b12-9+,20-10?. The van der Waals surface area contributed by atoms with E-state index in [2.05, 4.69) is 6.92 Å². The Bertz CT molecular complexity index is 600. The highest BCUT2D eigenvalue weighted by molar-refractivity contribution is 5.88. The molecule has 2 rings (SSSR count). The Morgan fingerprint density at radius 3 is 2.82 bits per heavy atom. The Morgan fingerprint density at radius 2 is 2.23 bits per heavy atom. The highest BCUT2D eigenvalue weighted by Crippen LogP contribution is 2.49. The minimum atomic E-state index is -0.815. The lowest BCUT2D eigenvalue weighted by Gasteiger charge is -2.45. The van der Waals surface area contributed by atoms with Gasteiger partial charge in [-0.25, -0.2) is 4.39 Å². The molecular weight excluding hydrogens is 281 g/mol. The molecule has 0 spiro atoms. The molecule has 1 fully saturated rings. The summed E-state index contributed by atoms with van der Waals surface area (Å²) in [5, 5.41) is 7.69. The molecule has 22 heavy (non-hydrogen) atoms. The van der Waals surface area contributed by atoms with Crippen molar-refractivity contribution in [1.82, 2.24) is 0 Å². The molecule has 0 heterocycles. The summed E-state index contributed by atoms with van der Waals surface area (Å²) in [4.78, 5) is 0. The highest BCUT2D eigenvalue weighted by atomic mass is 19.1. The summed E-state index contributed by atoms with van der Waals surface area (Å²) in [5.41, 5.74) is 13.3. The van der Waals surface area contributed by atoms with Gasteiger partial charge < -0.3 is 21.6 Å². The van der Waals surface area contributed by atoms with Crippen LogP contribution < -0.4 is 11.5 Å². The zero-order chi connectivity index (χ0) is 16.3. The van der Waals surface area contributed by atoms with Gasteiger partial charge in [-0.1, -0.05) is 6.92 Å². The van der Waals surface area contributed by atoms with Gasteiger partial charge in [0.2, 0.25) is 0 Å². The van der Waals surface area contributed by atoms with Crippen LogP contribution in [0.3, 0.4) is 0 Å². The maximum Gasteiger partial charge on any atom is 0.125 e. The minimum Gasteiger partial charge on any atom is -0.405 e. The molecule has 120 valence electrons. The van der Waals surface area contributed by atoms with E-state index in [0.29, 0.717) is 17.7 Å². The molecule has 5 N–H and O–H groups in total. The number of hydrogen-bond acceptors (Lipinski definition) is 4. The number of ether oxygens (including phenoxy) is 1. The number of nitrogens with one attached hydrogen (secondary N) is 1. The summed E-state index contributed by atoms with van der Waals surface area (Å²) >= 11 is 0. The summed E-state index contributed by atoms with van der Waals surface area (Å²) in [6, 6.07) is 2.67. The zero-order valence-corrected chi connectivity index (χ0v) is 13.2. The zero-order valence-electron chi connectivity index (χ0n) is 13.2. The summed E-state index contributed by atoms with van der Waals surface area (Å²) in [6.07, 6.45) is 5.50. The molecule has 1 aromatic rings. The molecule has 0 amide bonds. The van der Waals surface area contributed by atoms with Crippen molar-refractivity contribution in [3.63, 3.8) is 0 Å². The fourth-order valence-corrected chi connectivity index (χ4v) is 3.60. The number of halogens is 1. The molecule has 1 aromatic carbocycles. The Kier molecular flexibility index (Phi) is 4.86. The van der Waals surface area contributed by atoms with E-state index in [1.807, 2.05) is 6.92 Å². The van der Waals surface area contributed by atoms with Crippen LogP contribution in [0.1, 0.15) is 44.2 Å². The van der Waals surface area contributed by atoms with Crippen molar-refractivity contribution in [1.29, 1.82) is 5.41 Å². The van der Waals surface area contributed by atoms with Crippen LogP contribution in [-0.2, 0) is 10.3 Å². The fraction of sp³-hybridized carbons (Fsp3) is 0.471. The van der Waals surface area contributed by atoms with Crippen molar-refractivity contribution in [2.24, 2.45) is 11.7 Å². The number of nitrogen functional groups attached to an aromatic ring is 1. The van der Waals surface area contributed by atoms with E-state index in [1.165, 1.54) is 18.3 Å². The number of hydrogen-bond donors (Lipinski definition) is 3. The molecule has 1 aliphatic rings. The Balaban J connectivity index is 2.78. The molecule has 1 saturated carbocycles. The van der Waals surface area contributed by atoms with Crippen molar-refractivity contribution >= 4 is 11.9 Å². The molecule has 0 radical (unpaired) electrons. The van der Waals surface area contributed by atoms with Gasteiger partial charge in [-0.3, -0.25) is 0 Å². The largest absolute Gasteiger partial charge is 0.405 e.